The first-order valence-electron chi connectivity index (χ1n) is 4.94. The van der Waals surface area contributed by atoms with Crippen molar-refractivity contribution in [3.8, 4) is 0 Å². The van der Waals surface area contributed by atoms with Crippen LogP contribution in [0.4, 0.5) is 11.4 Å². The summed E-state index contributed by atoms with van der Waals surface area (Å²) in [7, 11) is 0. The predicted octanol–water partition coefficient (Wildman–Crippen LogP) is 1.79. The Kier molecular flexibility index (Phi) is 4.87. The van der Waals surface area contributed by atoms with Crippen molar-refractivity contribution in [2.45, 2.75) is 6.42 Å². The Morgan fingerprint density at radius 2 is 1.06 bits per heavy atom. The Bertz CT molecular complexity index is 425. The summed E-state index contributed by atoms with van der Waals surface area (Å²) in [5.41, 5.74) is 15.6. The molecule has 0 radical (unpaired) electrons. The molecule has 2 aromatic rings. The molecule has 0 fully saturated rings. The van der Waals surface area contributed by atoms with Gasteiger partial charge in [0, 0.05) is 17.8 Å². The van der Waals surface area contributed by atoms with Crippen LogP contribution in [0.2, 0.25) is 0 Å². The van der Waals surface area contributed by atoms with Gasteiger partial charge in [-0.05, 0) is 23.3 Å². The van der Waals surface area contributed by atoms with Crippen LogP contribution >= 0.6 is 0 Å². The van der Waals surface area contributed by atoms with Crippen molar-refractivity contribution < 1.29 is 0 Å². The van der Waals surface area contributed by atoms with Gasteiger partial charge in [-0.1, -0.05) is 36.4 Å². The molecule has 3 heteroatoms. The molecule has 2 nitrogen and oxygen atoms in total. The monoisotopic (exact) mass is 222 g/mol. The van der Waals surface area contributed by atoms with Gasteiger partial charge in [0.05, 0.1) is 0 Å². The van der Waals surface area contributed by atoms with Crippen LogP contribution in [-0.4, -0.2) is 29.6 Å². The van der Waals surface area contributed by atoms with Crippen LogP contribution < -0.4 is 11.5 Å². The summed E-state index contributed by atoms with van der Waals surface area (Å²) in [6.07, 6.45) is 0.791. The zero-order valence-electron chi connectivity index (χ0n) is 8.48. The average molecular weight is 222 g/mol. The van der Waals surface area contributed by atoms with Crippen molar-refractivity contribution in [2.24, 2.45) is 0 Å². The first-order valence-corrected chi connectivity index (χ1v) is 4.94. The van der Waals surface area contributed by atoms with Gasteiger partial charge in [0.15, 0.2) is 0 Å². The van der Waals surface area contributed by atoms with Crippen molar-refractivity contribution >= 4 is 40.9 Å². The fourth-order valence-corrected chi connectivity index (χ4v) is 1.60. The molecule has 2 aromatic carbocycles. The van der Waals surface area contributed by atoms with Crippen molar-refractivity contribution in [3.63, 3.8) is 0 Å². The van der Waals surface area contributed by atoms with E-state index in [-0.39, 0.29) is 29.6 Å². The summed E-state index contributed by atoms with van der Waals surface area (Å²) in [4.78, 5) is 0. The summed E-state index contributed by atoms with van der Waals surface area (Å²) in [5.74, 6) is 0. The van der Waals surface area contributed by atoms with Gasteiger partial charge in [0.1, 0.15) is 0 Å². The number of nitrogen functional groups attached to an aromatic ring is 2. The van der Waals surface area contributed by atoms with E-state index in [1.165, 1.54) is 0 Å². The third kappa shape index (κ3) is 3.01. The van der Waals surface area contributed by atoms with E-state index in [0.717, 1.165) is 28.9 Å². The van der Waals surface area contributed by atoms with Crippen molar-refractivity contribution in [1.29, 1.82) is 0 Å². The number of para-hydroxylation sites is 2. The van der Waals surface area contributed by atoms with Gasteiger partial charge in [0.25, 0.3) is 0 Å². The normalized spacial score (nSPS) is 9.50. The van der Waals surface area contributed by atoms with Crippen LogP contribution in [0.5, 0.6) is 0 Å². The Hall–Kier alpha value is -0.960. The molecule has 0 aromatic heterocycles. The maximum atomic E-state index is 5.88. The van der Waals surface area contributed by atoms with E-state index in [9.17, 15) is 0 Å². The Morgan fingerprint density at radius 1 is 0.688 bits per heavy atom. The van der Waals surface area contributed by atoms with Gasteiger partial charge in [-0.3, -0.25) is 0 Å². The molecule has 0 spiro atoms. The van der Waals surface area contributed by atoms with Crippen LogP contribution in [0.25, 0.3) is 0 Å². The zero-order chi connectivity index (χ0) is 10.7. The van der Waals surface area contributed by atoms with Gasteiger partial charge >= 0.3 is 29.6 Å². The van der Waals surface area contributed by atoms with Gasteiger partial charge in [-0.15, -0.1) is 0 Å². The molecule has 0 aliphatic carbocycles. The topological polar surface area (TPSA) is 52.0 Å². The van der Waals surface area contributed by atoms with Crippen LogP contribution in [0, 0.1) is 0 Å². The number of anilines is 2. The fourth-order valence-electron chi connectivity index (χ4n) is 1.60. The summed E-state index contributed by atoms with van der Waals surface area (Å²) in [6.45, 7) is 0. The van der Waals surface area contributed by atoms with Crippen molar-refractivity contribution in [1.82, 2.24) is 0 Å². The Labute approximate surface area is 118 Å². The molecule has 0 aliphatic heterocycles. The third-order valence-electron chi connectivity index (χ3n) is 2.49. The van der Waals surface area contributed by atoms with E-state index in [2.05, 4.69) is 0 Å². The molecule has 0 atom stereocenters. The predicted molar refractivity (Wildman–Crippen MR) is 71.7 cm³/mol. The molecule has 0 saturated heterocycles. The zero-order valence-corrected chi connectivity index (χ0v) is 8.48. The van der Waals surface area contributed by atoms with Gasteiger partial charge in [-0.2, -0.15) is 0 Å². The van der Waals surface area contributed by atoms with Crippen LogP contribution in [0.1, 0.15) is 11.1 Å². The molecule has 0 aliphatic rings. The SMILES string of the molecule is Nc1ccccc1Cc1ccccc1N.[NaH]. The number of benzene rings is 2. The molecule has 0 bridgehead atoms. The second-order valence-electron chi connectivity index (χ2n) is 3.57. The minimum atomic E-state index is 0. The molecular weight excluding hydrogens is 207 g/mol. The van der Waals surface area contributed by atoms with Crippen LogP contribution in [0.15, 0.2) is 48.5 Å². The Morgan fingerprint density at radius 3 is 1.44 bits per heavy atom. The van der Waals surface area contributed by atoms with E-state index in [1.54, 1.807) is 0 Å². The number of hydrogen-bond acceptors (Lipinski definition) is 2. The molecule has 0 saturated carbocycles. The number of hydrogen-bond donors (Lipinski definition) is 2. The van der Waals surface area contributed by atoms with Crippen molar-refractivity contribution in [2.75, 3.05) is 11.5 Å². The van der Waals surface area contributed by atoms with E-state index in [0.29, 0.717) is 0 Å². The first-order chi connectivity index (χ1) is 7.27. The first kappa shape index (κ1) is 13.1. The summed E-state index contributed by atoms with van der Waals surface area (Å²) >= 11 is 0. The standard InChI is InChI=1S/C13H14N2.Na.H/c14-12-7-3-1-5-10(12)9-11-6-2-4-8-13(11)15;;/h1-8H,9,14-15H2;;. The van der Waals surface area contributed by atoms with E-state index in [1.807, 2.05) is 48.5 Å². The summed E-state index contributed by atoms with van der Waals surface area (Å²) in [6, 6.07) is 15.7. The molecule has 0 amide bonds. The van der Waals surface area contributed by atoms with Crippen molar-refractivity contribution in [3.05, 3.63) is 59.7 Å². The average Bonchev–Trinajstić information content (AvgIpc) is 2.24. The summed E-state index contributed by atoms with van der Waals surface area (Å²) < 4.78 is 0. The second-order valence-corrected chi connectivity index (χ2v) is 3.57. The fraction of sp³-hybridized carbons (Fsp3) is 0.0769. The molecule has 0 unspecified atom stereocenters. The van der Waals surface area contributed by atoms with E-state index in [4.69, 9.17) is 11.5 Å². The molecule has 4 N–H and O–H groups in total. The quantitative estimate of drug-likeness (QED) is 0.601. The second kappa shape index (κ2) is 5.94. The Balaban J connectivity index is 0.00000128. The number of rotatable bonds is 2. The summed E-state index contributed by atoms with van der Waals surface area (Å²) in [5, 5.41) is 0. The van der Waals surface area contributed by atoms with E-state index < -0.39 is 0 Å². The molecule has 2 rings (SSSR count). The maximum absolute atomic E-state index is 5.88. The third-order valence-corrected chi connectivity index (χ3v) is 2.49. The van der Waals surface area contributed by atoms with Gasteiger partial charge in [-0.25, -0.2) is 0 Å². The minimum absolute atomic E-state index is 0. The van der Waals surface area contributed by atoms with Crippen LogP contribution in [0.3, 0.4) is 0 Å². The molecule has 78 valence electrons. The molecular formula is C13H15N2Na. The molecule has 0 heterocycles. The number of nitrogens with two attached hydrogens (primary N) is 2. The van der Waals surface area contributed by atoms with Gasteiger partial charge < -0.3 is 11.5 Å². The van der Waals surface area contributed by atoms with Gasteiger partial charge in [0.2, 0.25) is 0 Å². The molecule has 16 heavy (non-hydrogen) atoms. The van der Waals surface area contributed by atoms with E-state index >= 15 is 0 Å². The van der Waals surface area contributed by atoms with Crippen LogP contribution in [-0.2, 0) is 6.42 Å².